The third-order valence-corrected chi connectivity index (χ3v) is 5.27. The molecular weight excluding hydrogens is 348 g/mol. The molecule has 1 saturated heterocycles. The van der Waals surface area contributed by atoms with Gasteiger partial charge in [0.15, 0.2) is 5.76 Å². The highest BCUT2D eigenvalue weighted by Crippen LogP contribution is 2.27. The van der Waals surface area contributed by atoms with Crippen LogP contribution in [0.1, 0.15) is 21.7 Å². The summed E-state index contributed by atoms with van der Waals surface area (Å²) in [6, 6.07) is 13.7. The normalized spacial score (nSPS) is 14.9. The molecule has 1 aromatic heterocycles. The minimum atomic E-state index is -0.0388. The van der Waals surface area contributed by atoms with Gasteiger partial charge in [-0.1, -0.05) is 35.9 Å². The van der Waals surface area contributed by atoms with E-state index in [0.717, 1.165) is 40.3 Å². The van der Waals surface area contributed by atoms with Crippen LogP contribution < -0.4 is 4.90 Å². The number of carbonyl (C=O) groups is 1. The summed E-state index contributed by atoms with van der Waals surface area (Å²) in [5.74, 6) is 0.379. The van der Waals surface area contributed by atoms with Gasteiger partial charge in [0.2, 0.25) is 0 Å². The van der Waals surface area contributed by atoms with Crippen LogP contribution in [0.25, 0.3) is 11.0 Å². The summed E-state index contributed by atoms with van der Waals surface area (Å²) in [5, 5.41) is 1.71. The zero-order chi connectivity index (χ0) is 18.3. The minimum absolute atomic E-state index is 0.0388. The first-order valence-corrected chi connectivity index (χ1v) is 9.20. The molecule has 0 aliphatic carbocycles. The molecule has 5 heteroatoms. The Morgan fingerprint density at radius 3 is 2.50 bits per heavy atom. The molecule has 134 valence electrons. The topological polar surface area (TPSA) is 36.7 Å². The zero-order valence-corrected chi connectivity index (χ0v) is 15.7. The lowest BCUT2D eigenvalue weighted by Gasteiger charge is -2.36. The third-order valence-electron chi connectivity index (χ3n) is 5.03. The van der Waals surface area contributed by atoms with Crippen molar-refractivity contribution in [3.8, 4) is 0 Å². The Hall–Kier alpha value is -2.46. The minimum Gasteiger partial charge on any atom is -0.451 e. The smallest absolute Gasteiger partial charge is 0.289 e. The number of carbonyl (C=O) groups excluding carboxylic acids is 1. The van der Waals surface area contributed by atoms with Gasteiger partial charge in [0.05, 0.1) is 0 Å². The number of hydrogen-bond acceptors (Lipinski definition) is 3. The van der Waals surface area contributed by atoms with Crippen LogP contribution in [-0.2, 0) is 0 Å². The summed E-state index contributed by atoms with van der Waals surface area (Å²) in [6.07, 6.45) is 0. The number of anilines is 1. The highest BCUT2D eigenvalue weighted by Gasteiger charge is 2.25. The van der Waals surface area contributed by atoms with Crippen LogP contribution in [0.15, 0.2) is 46.9 Å². The molecule has 0 saturated carbocycles. The van der Waals surface area contributed by atoms with Crippen LogP contribution >= 0.6 is 11.6 Å². The van der Waals surface area contributed by atoms with E-state index in [9.17, 15) is 4.79 Å². The Balaban J connectivity index is 1.49. The Labute approximate surface area is 157 Å². The number of halogens is 1. The summed E-state index contributed by atoms with van der Waals surface area (Å²) in [6.45, 7) is 6.98. The summed E-state index contributed by atoms with van der Waals surface area (Å²) >= 11 is 6.14. The number of para-hydroxylation sites is 1. The number of fused-ring (bicyclic) bond motifs is 1. The van der Waals surface area contributed by atoms with E-state index in [4.69, 9.17) is 16.0 Å². The number of aryl methyl sites for hydroxylation is 2. The van der Waals surface area contributed by atoms with Crippen molar-refractivity contribution in [1.29, 1.82) is 0 Å². The van der Waals surface area contributed by atoms with Crippen LogP contribution in [0, 0.1) is 13.8 Å². The molecule has 1 aliphatic heterocycles. The molecule has 3 aromatic rings. The number of nitrogens with zero attached hydrogens (tertiary/aromatic N) is 2. The monoisotopic (exact) mass is 368 g/mol. The summed E-state index contributed by atoms with van der Waals surface area (Å²) in [4.78, 5) is 17.0. The zero-order valence-electron chi connectivity index (χ0n) is 15.0. The Morgan fingerprint density at radius 1 is 1.00 bits per heavy atom. The summed E-state index contributed by atoms with van der Waals surface area (Å²) in [7, 11) is 0. The number of benzene rings is 2. The molecule has 2 aromatic carbocycles. The molecule has 0 unspecified atom stereocenters. The van der Waals surface area contributed by atoms with Crippen LogP contribution in [-0.4, -0.2) is 37.0 Å². The first-order chi connectivity index (χ1) is 12.5. The Morgan fingerprint density at radius 2 is 1.77 bits per heavy atom. The quantitative estimate of drug-likeness (QED) is 0.659. The lowest BCUT2D eigenvalue weighted by molar-refractivity contribution is 0.0717. The fraction of sp³-hybridized carbons (Fsp3) is 0.286. The van der Waals surface area contributed by atoms with Gasteiger partial charge in [0.25, 0.3) is 5.91 Å². The maximum Gasteiger partial charge on any atom is 0.289 e. The first-order valence-electron chi connectivity index (χ1n) is 8.82. The molecule has 4 rings (SSSR count). The summed E-state index contributed by atoms with van der Waals surface area (Å²) in [5.41, 5.74) is 4.18. The standard InChI is InChI=1S/C21H21ClN2O2/c1-14-6-7-17(22)13-18(14)23-8-10-24(11-9-23)21(25)19-12-16-5-3-4-15(2)20(16)26-19/h3-7,12-13H,8-11H2,1-2H3. The van der Waals surface area contributed by atoms with E-state index in [1.165, 1.54) is 5.56 Å². The fourth-order valence-electron chi connectivity index (χ4n) is 3.54. The van der Waals surface area contributed by atoms with Crippen molar-refractivity contribution in [3.05, 3.63) is 64.4 Å². The van der Waals surface area contributed by atoms with Gasteiger partial charge >= 0.3 is 0 Å². The number of hydrogen-bond donors (Lipinski definition) is 0. The van der Waals surface area contributed by atoms with Gasteiger partial charge in [-0.05, 0) is 43.2 Å². The molecular formula is C21H21ClN2O2. The van der Waals surface area contributed by atoms with Gasteiger partial charge in [0.1, 0.15) is 5.58 Å². The predicted octanol–water partition coefficient (Wildman–Crippen LogP) is 4.67. The van der Waals surface area contributed by atoms with E-state index in [0.29, 0.717) is 18.8 Å². The van der Waals surface area contributed by atoms with Crippen LogP contribution in [0.4, 0.5) is 5.69 Å². The largest absolute Gasteiger partial charge is 0.451 e. The van der Waals surface area contributed by atoms with Gasteiger partial charge in [-0.3, -0.25) is 4.79 Å². The van der Waals surface area contributed by atoms with Crippen molar-refractivity contribution in [2.45, 2.75) is 13.8 Å². The van der Waals surface area contributed by atoms with E-state index in [1.54, 1.807) is 0 Å². The molecule has 1 aliphatic rings. The van der Waals surface area contributed by atoms with Crippen LogP contribution in [0.2, 0.25) is 5.02 Å². The molecule has 0 radical (unpaired) electrons. The molecule has 1 fully saturated rings. The average Bonchev–Trinajstić information content (AvgIpc) is 3.09. The first kappa shape index (κ1) is 17.0. The Kier molecular flexibility index (Phi) is 4.37. The van der Waals surface area contributed by atoms with E-state index in [-0.39, 0.29) is 5.91 Å². The van der Waals surface area contributed by atoms with Crippen molar-refractivity contribution in [1.82, 2.24) is 4.90 Å². The lowest BCUT2D eigenvalue weighted by atomic mass is 10.1. The molecule has 0 atom stereocenters. The van der Waals surface area contributed by atoms with Gasteiger partial charge in [-0.2, -0.15) is 0 Å². The van der Waals surface area contributed by atoms with E-state index in [2.05, 4.69) is 11.8 Å². The fourth-order valence-corrected chi connectivity index (χ4v) is 3.71. The van der Waals surface area contributed by atoms with Crippen LogP contribution in [0.5, 0.6) is 0 Å². The Bertz CT molecular complexity index is 971. The van der Waals surface area contributed by atoms with Gasteiger partial charge in [-0.25, -0.2) is 0 Å². The second-order valence-electron chi connectivity index (χ2n) is 6.81. The second kappa shape index (κ2) is 6.69. The van der Waals surface area contributed by atoms with Crippen LogP contribution in [0.3, 0.4) is 0 Å². The van der Waals surface area contributed by atoms with Gasteiger partial charge < -0.3 is 14.2 Å². The third kappa shape index (κ3) is 3.06. The molecule has 0 bridgehead atoms. The predicted molar refractivity (Wildman–Crippen MR) is 105 cm³/mol. The van der Waals surface area contributed by atoms with Crippen molar-refractivity contribution >= 4 is 34.2 Å². The van der Waals surface area contributed by atoms with Gasteiger partial charge in [-0.15, -0.1) is 0 Å². The average molecular weight is 369 g/mol. The van der Waals surface area contributed by atoms with Crippen molar-refractivity contribution in [2.75, 3.05) is 31.1 Å². The second-order valence-corrected chi connectivity index (χ2v) is 7.25. The van der Waals surface area contributed by atoms with Crippen molar-refractivity contribution in [3.63, 3.8) is 0 Å². The number of rotatable bonds is 2. The SMILES string of the molecule is Cc1ccc(Cl)cc1N1CCN(C(=O)c2cc3cccc(C)c3o2)CC1. The highest BCUT2D eigenvalue weighted by atomic mass is 35.5. The number of piperazine rings is 1. The van der Waals surface area contributed by atoms with Crippen molar-refractivity contribution in [2.24, 2.45) is 0 Å². The van der Waals surface area contributed by atoms with Gasteiger partial charge in [0, 0.05) is 42.3 Å². The highest BCUT2D eigenvalue weighted by molar-refractivity contribution is 6.30. The molecule has 4 nitrogen and oxygen atoms in total. The molecule has 1 amide bonds. The van der Waals surface area contributed by atoms with E-state index in [1.807, 2.05) is 54.3 Å². The molecule has 0 spiro atoms. The van der Waals surface area contributed by atoms with E-state index >= 15 is 0 Å². The number of amides is 1. The number of furan rings is 1. The van der Waals surface area contributed by atoms with E-state index < -0.39 is 0 Å². The van der Waals surface area contributed by atoms with Crippen molar-refractivity contribution < 1.29 is 9.21 Å². The maximum atomic E-state index is 12.8. The lowest BCUT2D eigenvalue weighted by Crippen LogP contribution is -2.48. The molecule has 0 N–H and O–H groups in total. The summed E-state index contributed by atoms with van der Waals surface area (Å²) < 4.78 is 5.84. The molecule has 26 heavy (non-hydrogen) atoms. The maximum absolute atomic E-state index is 12.8. The molecule has 2 heterocycles.